The van der Waals surface area contributed by atoms with Crippen molar-refractivity contribution < 1.29 is 28.4 Å². The molecule has 0 amide bonds. The predicted molar refractivity (Wildman–Crippen MR) is 254 cm³/mol. The molecule has 1 aliphatic rings. The first-order chi connectivity index (χ1) is 31.2. The summed E-state index contributed by atoms with van der Waals surface area (Å²) in [7, 11) is 0. The smallest absolute Gasteiger partial charge is 0.162 e. The van der Waals surface area contributed by atoms with Gasteiger partial charge in [0.25, 0.3) is 0 Å². The fourth-order valence-corrected chi connectivity index (χ4v) is 8.12. The molecule has 0 saturated heterocycles. The molecule has 0 saturated carbocycles. The zero-order valence-corrected chi connectivity index (χ0v) is 37.3. The van der Waals surface area contributed by atoms with E-state index >= 15 is 0 Å². The fraction of sp³-hybridized carbons (Fsp3) is 0.368. The first kappa shape index (κ1) is 45.3. The Labute approximate surface area is 376 Å². The van der Waals surface area contributed by atoms with E-state index in [1.807, 2.05) is 91.0 Å². The van der Waals surface area contributed by atoms with Gasteiger partial charge < -0.3 is 28.4 Å². The average molecular weight is 847 g/mol. The van der Waals surface area contributed by atoms with E-state index in [0.717, 1.165) is 57.7 Å². The fourth-order valence-electron chi connectivity index (χ4n) is 8.12. The molecule has 0 unspecified atom stereocenters. The zero-order chi connectivity index (χ0) is 43.2. The van der Waals surface area contributed by atoms with E-state index in [0.29, 0.717) is 56.7 Å². The lowest BCUT2D eigenvalue weighted by atomic mass is 9.93. The van der Waals surface area contributed by atoms with Crippen LogP contribution >= 0.6 is 0 Å². The highest BCUT2D eigenvalue weighted by atomic mass is 16.5. The van der Waals surface area contributed by atoms with Crippen LogP contribution in [0.1, 0.15) is 123 Å². The number of hydrogen-bond donors (Lipinski definition) is 0. The first-order valence-electron chi connectivity index (χ1n) is 23.5. The molecule has 6 heteroatoms. The topological polar surface area (TPSA) is 55.4 Å². The molecule has 0 aliphatic carbocycles. The van der Waals surface area contributed by atoms with Crippen molar-refractivity contribution in [3.8, 4) is 28.7 Å². The molecule has 0 aromatic heterocycles. The van der Waals surface area contributed by atoms with E-state index in [1.54, 1.807) is 0 Å². The third-order valence-electron chi connectivity index (χ3n) is 11.7. The summed E-state index contributed by atoms with van der Waals surface area (Å²) in [4.78, 5) is 0. The van der Waals surface area contributed by atoms with Crippen molar-refractivity contribution in [2.24, 2.45) is 0 Å². The van der Waals surface area contributed by atoms with Crippen molar-refractivity contribution in [1.29, 1.82) is 0 Å². The molecule has 6 aromatic rings. The molecule has 6 aromatic carbocycles. The van der Waals surface area contributed by atoms with Gasteiger partial charge in [-0.1, -0.05) is 205 Å². The first-order valence-corrected chi connectivity index (χ1v) is 23.5. The predicted octanol–water partition coefficient (Wildman–Crippen LogP) is 14.8. The van der Waals surface area contributed by atoms with E-state index in [1.165, 1.54) is 64.2 Å². The van der Waals surface area contributed by atoms with E-state index < -0.39 is 6.10 Å². The van der Waals surface area contributed by atoms with Gasteiger partial charge in [-0.25, -0.2) is 0 Å². The molecule has 63 heavy (non-hydrogen) atoms. The summed E-state index contributed by atoms with van der Waals surface area (Å²) in [6, 6.07) is 51.1. The Balaban J connectivity index is 1.11. The molecular weight excluding hydrogens is 781 g/mol. The highest BCUT2D eigenvalue weighted by molar-refractivity contribution is 5.53. The van der Waals surface area contributed by atoms with Crippen LogP contribution in [0.25, 0.3) is 0 Å². The summed E-state index contributed by atoms with van der Waals surface area (Å²) in [6.07, 6.45) is 15.5. The van der Waals surface area contributed by atoms with Crippen molar-refractivity contribution >= 4 is 0 Å². The van der Waals surface area contributed by atoms with Gasteiger partial charge in [-0.2, -0.15) is 0 Å². The van der Waals surface area contributed by atoms with Crippen LogP contribution in [0.2, 0.25) is 0 Å². The van der Waals surface area contributed by atoms with Crippen molar-refractivity contribution in [3.63, 3.8) is 0 Å². The lowest BCUT2D eigenvalue weighted by molar-refractivity contribution is -0.0395. The molecule has 1 aliphatic heterocycles. The van der Waals surface area contributed by atoms with Gasteiger partial charge in [-0.3, -0.25) is 0 Å². The molecule has 0 radical (unpaired) electrons. The molecular formula is C57H66O6. The third kappa shape index (κ3) is 14.7. The van der Waals surface area contributed by atoms with Gasteiger partial charge in [-0.05, 0) is 46.4 Å². The largest absolute Gasteiger partial charge is 0.489 e. The van der Waals surface area contributed by atoms with Gasteiger partial charge >= 0.3 is 0 Å². The molecule has 0 fully saturated rings. The van der Waals surface area contributed by atoms with Crippen LogP contribution in [-0.4, -0.2) is 12.7 Å². The molecule has 7 rings (SSSR count). The number of ether oxygens (including phenoxy) is 6. The van der Waals surface area contributed by atoms with Gasteiger partial charge in [-0.15, -0.1) is 0 Å². The maximum atomic E-state index is 7.09. The molecule has 0 N–H and O–H groups in total. The summed E-state index contributed by atoms with van der Waals surface area (Å²) in [5, 5.41) is 0. The Morgan fingerprint density at radius 3 is 1.43 bits per heavy atom. The Morgan fingerprint density at radius 2 is 0.905 bits per heavy atom. The number of benzene rings is 6. The second-order valence-electron chi connectivity index (χ2n) is 16.7. The number of hydrogen-bond acceptors (Lipinski definition) is 6. The van der Waals surface area contributed by atoms with Gasteiger partial charge in [0.1, 0.15) is 49.8 Å². The number of unbranched alkanes of at least 4 members (excludes halogenated alkanes) is 11. The summed E-state index contributed by atoms with van der Waals surface area (Å²) in [6.45, 7) is 4.63. The maximum Gasteiger partial charge on any atom is 0.162 e. The molecule has 330 valence electrons. The van der Waals surface area contributed by atoms with Crippen LogP contribution in [0.15, 0.2) is 152 Å². The highest BCUT2D eigenvalue weighted by Gasteiger charge is 2.35. The monoisotopic (exact) mass is 846 g/mol. The number of rotatable bonds is 27. The lowest BCUT2D eigenvalue weighted by Crippen LogP contribution is -2.33. The number of fused-ring (bicyclic) bond motifs is 1. The Kier molecular flexibility index (Phi) is 18.3. The van der Waals surface area contributed by atoms with Gasteiger partial charge in [0.05, 0.1) is 0 Å². The van der Waals surface area contributed by atoms with Gasteiger partial charge in [0.15, 0.2) is 17.6 Å². The SMILES string of the molecule is CCCCCCCCCCCCCCO[C@H]1Cc2c(OCc3ccccc3)cc(OCc3ccccc3)cc2O[C@@H]1c1ccc(OCc2ccccc2)c(OCc2ccccc2)c1. The maximum absolute atomic E-state index is 7.09. The minimum atomic E-state index is -0.413. The van der Waals surface area contributed by atoms with Crippen LogP contribution in [0.5, 0.6) is 28.7 Å². The van der Waals surface area contributed by atoms with E-state index in [9.17, 15) is 0 Å². The Bertz CT molecular complexity index is 2180. The molecule has 0 spiro atoms. The van der Waals surface area contributed by atoms with Gasteiger partial charge in [0.2, 0.25) is 0 Å². The highest BCUT2D eigenvalue weighted by Crippen LogP contribution is 2.45. The van der Waals surface area contributed by atoms with Crippen molar-refractivity contribution in [2.45, 2.75) is 129 Å². The summed E-state index contributed by atoms with van der Waals surface area (Å²) in [5.74, 6) is 3.50. The standard InChI is InChI=1S/C57H66O6/c1-2-3-4-5-6-7-8-9-10-11-12-25-36-58-56-40-51-53(61-43-47-30-21-15-22-31-47)38-50(59-41-45-26-17-13-18-27-45)39-54(51)63-57(56)49-34-35-52(60-42-46-28-19-14-20-29-46)55(37-49)62-44-48-32-23-16-24-33-48/h13-24,26-35,37-39,56-57H,2-12,25,36,40-44H2,1H3/t56-,57+/m0/s1. The van der Waals surface area contributed by atoms with E-state index in [-0.39, 0.29) is 6.10 Å². The lowest BCUT2D eigenvalue weighted by Gasteiger charge is -2.35. The van der Waals surface area contributed by atoms with Crippen molar-refractivity contribution in [1.82, 2.24) is 0 Å². The van der Waals surface area contributed by atoms with Gasteiger partial charge in [0, 0.05) is 30.7 Å². The minimum Gasteiger partial charge on any atom is -0.489 e. The second kappa shape index (κ2) is 25.4. The van der Waals surface area contributed by atoms with Crippen molar-refractivity contribution in [3.05, 3.63) is 185 Å². The van der Waals surface area contributed by atoms with Crippen molar-refractivity contribution in [2.75, 3.05) is 6.61 Å². The van der Waals surface area contributed by atoms with Crippen LogP contribution in [0.3, 0.4) is 0 Å². The van der Waals surface area contributed by atoms with E-state index in [2.05, 4.69) is 67.6 Å². The Hall–Kier alpha value is -5.72. The average Bonchev–Trinajstić information content (AvgIpc) is 3.34. The summed E-state index contributed by atoms with van der Waals surface area (Å²) in [5.41, 5.74) is 6.28. The second-order valence-corrected chi connectivity index (χ2v) is 16.7. The molecule has 0 bridgehead atoms. The molecule has 6 nitrogen and oxygen atoms in total. The third-order valence-corrected chi connectivity index (χ3v) is 11.7. The van der Waals surface area contributed by atoms with E-state index in [4.69, 9.17) is 28.4 Å². The summed E-state index contributed by atoms with van der Waals surface area (Å²) >= 11 is 0. The van der Waals surface area contributed by atoms with Crippen LogP contribution < -0.4 is 23.7 Å². The Morgan fingerprint density at radius 1 is 0.444 bits per heavy atom. The normalized spacial score (nSPS) is 14.4. The van der Waals surface area contributed by atoms with Crippen LogP contribution in [-0.2, 0) is 37.6 Å². The minimum absolute atomic E-state index is 0.265. The molecule has 2 atom stereocenters. The quantitative estimate of drug-likeness (QED) is 0.0481. The molecule has 1 heterocycles. The zero-order valence-electron chi connectivity index (χ0n) is 37.3. The van der Waals surface area contributed by atoms with Crippen LogP contribution in [0.4, 0.5) is 0 Å². The van der Waals surface area contributed by atoms with Crippen LogP contribution in [0, 0.1) is 0 Å². The summed E-state index contributed by atoms with van der Waals surface area (Å²) < 4.78 is 40.0.